The lowest BCUT2D eigenvalue weighted by Crippen LogP contribution is -2.55. The van der Waals surface area contributed by atoms with Gasteiger partial charge in [0, 0.05) is 32.2 Å². The molecule has 1 amide bonds. The molecular formula is C18H27ClFN3O. The lowest BCUT2D eigenvalue weighted by atomic mass is 10.1. The third-order valence-corrected chi connectivity index (χ3v) is 5.03. The van der Waals surface area contributed by atoms with Crippen LogP contribution in [0.1, 0.15) is 27.7 Å². The molecular weight excluding hydrogens is 329 g/mol. The zero-order valence-electron chi connectivity index (χ0n) is 14.9. The number of carbonyl (C=O) groups is 1. The molecule has 0 aromatic heterocycles. The number of amides is 1. The SMILES string of the molecule is CC(NC(C)C(C)C)C(=O)N1CCN(c2ccc(F)cc2Cl)CC1. The highest BCUT2D eigenvalue weighted by Gasteiger charge is 2.26. The van der Waals surface area contributed by atoms with Crippen LogP contribution in [0.5, 0.6) is 0 Å². The van der Waals surface area contributed by atoms with E-state index in [1.165, 1.54) is 12.1 Å². The molecule has 1 aliphatic heterocycles. The van der Waals surface area contributed by atoms with Crippen molar-refractivity contribution in [1.82, 2.24) is 10.2 Å². The Labute approximate surface area is 149 Å². The summed E-state index contributed by atoms with van der Waals surface area (Å²) in [6.07, 6.45) is 0. The Bertz CT molecular complexity index is 573. The molecule has 0 saturated carbocycles. The molecule has 6 heteroatoms. The van der Waals surface area contributed by atoms with Gasteiger partial charge in [-0.15, -0.1) is 0 Å². The molecule has 0 aliphatic carbocycles. The Hall–Kier alpha value is -1.33. The van der Waals surface area contributed by atoms with E-state index >= 15 is 0 Å². The molecule has 1 aromatic rings. The minimum absolute atomic E-state index is 0.132. The Morgan fingerprint density at radius 1 is 1.17 bits per heavy atom. The van der Waals surface area contributed by atoms with Crippen molar-refractivity contribution in [2.24, 2.45) is 5.92 Å². The van der Waals surface area contributed by atoms with Gasteiger partial charge in [-0.3, -0.25) is 4.79 Å². The van der Waals surface area contributed by atoms with Crippen LogP contribution in [0.3, 0.4) is 0 Å². The monoisotopic (exact) mass is 355 g/mol. The summed E-state index contributed by atoms with van der Waals surface area (Å²) < 4.78 is 13.2. The van der Waals surface area contributed by atoms with Crippen molar-refractivity contribution in [3.05, 3.63) is 29.0 Å². The summed E-state index contributed by atoms with van der Waals surface area (Å²) in [5.74, 6) is 0.279. The predicted octanol–water partition coefficient (Wildman–Crippen LogP) is 3.15. The van der Waals surface area contributed by atoms with Crippen LogP contribution < -0.4 is 10.2 Å². The molecule has 4 nitrogen and oxygen atoms in total. The van der Waals surface area contributed by atoms with Gasteiger partial charge in [-0.25, -0.2) is 4.39 Å². The summed E-state index contributed by atoms with van der Waals surface area (Å²) in [4.78, 5) is 16.6. The van der Waals surface area contributed by atoms with Crippen LogP contribution in [0.15, 0.2) is 18.2 Å². The second-order valence-electron chi connectivity index (χ2n) is 6.83. The molecule has 0 spiro atoms. The van der Waals surface area contributed by atoms with Crippen LogP contribution in [0, 0.1) is 11.7 Å². The first-order valence-electron chi connectivity index (χ1n) is 8.54. The Kier molecular flexibility index (Phi) is 6.47. The van der Waals surface area contributed by atoms with E-state index in [-0.39, 0.29) is 17.8 Å². The molecule has 2 atom stereocenters. The molecule has 24 heavy (non-hydrogen) atoms. The fourth-order valence-electron chi connectivity index (χ4n) is 2.84. The quantitative estimate of drug-likeness (QED) is 0.881. The highest BCUT2D eigenvalue weighted by Crippen LogP contribution is 2.27. The lowest BCUT2D eigenvalue weighted by Gasteiger charge is -2.38. The third kappa shape index (κ3) is 4.61. The average molecular weight is 356 g/mol. The van der Waals surface area contributed by atoms with Crippen molar-refractivity contribution in [3.63, 3.8) is 0 Å². The highest BCUT2D eigenvalue weighted by atomic mass is 35.5. The number of anilines is 1. The van der Waals surface area contributed by atoms with Gasteiger partial charge in [0.05, 0.1) is 16.8 Å². The number of hydrogen-bond acceptors (Lipinski definition) is 3. The molecule has 134 valence electrons. The molecule has 1 N–H and O–H groups in total. The van der Waals surface area contributed by atoms with Crippen LogP contribution in [0.4, 0.5) is 10.1 Å². The second kappa shape index (κ2) is 8.17. The number of rotatable bonds is 5. The van der Waals surface area contributed by atoms with Crippen molar-refractivity contribution in [2.45, 2.75) is 39.8 Å². The van der Waals surface area contributed by atoms with Crippen molar-refractivity contribution in [1.29, 1.82) is 0 Å². The van der Waals surface area contributed by atoms with Gasteiger partial charge < -0.3 is 15.1 Å². The van der Waals surface area contributed by atoms with Gasteiger partial charge in [0.25, 0.3) is 0 Å². The van der Waals surface area contributed by atoms with E-state index in [0.717, 1.165) is 5.69 Å². The smallest absolute Gasteiger partial charge is 0.239 e. The van der Waals surface area contributed by atoms with Crippen LogP contribution in [-0.4, -0.2) is 49.1 Å². The molecule has 1 aromatic carbocycles. The summed E-state index contributed by atoms with van der Waals surface area (Å²) in [5, 5.41) is 3.78. The third-order valence-electron chi connectivity index (χ3n) is 4.73. The maximum Gasteiger partial charge on any atom is 0.239 e. The van der Waals surface area contributed by atoms with Gasteiger partial charge in [0.2, 0.25) is 5.91 Å². The normalized spacial score (nSPS) is 18.0. The van der Waals surface area contributed by atoms with E-state index in [2.05, 4.69) is 31.0 Å². The van der Waals surface area contributed by atoms with Crippen molar-refractivity contribution < 1.29 is 9.18 Å². The molecule has 1 fully saturated rings. The van der Waals surface area contributed by atoms with Crippen molar-refractivity contribution in [3.8, 4) is 0 Å². The number of benzene rings is 1. The number of nitrogens with one attached hydrogen (secondary N) is 1. The van der Waals surface area contributed by atoms with Crippen LogP contribution in [-0.2, 0) is 4.79 Å². The summed E-state index contributed by atoms with van der Waals surface area (Å²) in [7, 11) is 0. The highest BCUT2D eigenvalue weighted by molar-refractivity contribution is 6.33. The summed E-state index contributed by atoms with van der Waals surface area (Å²) >= 11 is 6.13. The fourth-order valence-corrected chi connectivity index (χ4v) is 3.12. The van der Waals surface area contributed by atoms with Gasteiger partial charge >= 0.3 is 0 Å². The number of hydrogen-bond donors (Lipinski definition) is 1. The first kappa shape index (κ1) is 19.0. The largest absolute Gasteiger partial charge is 0.367 e. The molecule has 1 heterocycles. The standard InChI is InChI=1S/C18H27ClFN3O/c1-12(2)13(3)21-14(4)18(24)23-9-7-22(8-10-23)17-6-5-15(20)11-16(17)19/h5-6,11-14,21H,7-10H2,1-4H3. The zero-order chi connectivity index (χ0) is 17.9. The van der Waals surface area contributed by atoms with Gasteiger partial charge in [0.15, 0.2) is 0 Å². The van der Waals surface area contributed by atoms with Gasteiger partial charge in [-0.2, -0.15) is 0 Å². The number of halogens is 2. The molecule has 1 aliphatic rings. The Morgan fingerprint density at radius 2 is 1.79 bits per heavy atom. The zero-order valence-corrected chi connectivity index (χ0v) is 15.6. The number of piperazine rings is 1. The Balaban J connectivity index is 1.91. The average Bonchev–Trinajstić information content (AvgIpc) is 2.54. The second-order valence-corrected chi connectivity index (χ2v) is 7.24. The Morgan fingerprint density at radius 3 is 2.33 bits per heavy atom. The van der Waals surface area contributed by atoms with Gasteiger partial charge in [-0.05, 0) is 38.0 Å². The lowest BCUT2D eigenvalue weighted by molar-refractivity contribution is -0.133. The summed E-state index contributed by atoms with van der Waals surface area (Å²) in [6, 6.07) is 4.54. The van der Waals surface area contributed by atoms with Crippen LogP contribution >= 0.6 is 11.6 Å². The molecule has 2 rings (SSSR count). The van der Waals surface area contributed by atoms with E-state index in [1.54, 1.807) is 6.07 Å². The minimum atomic E-state index is -0.336. The van der Waals surface area contributed by atoms with E-state index in [0.29, 0.717) is 43.2 Å². The molecule has 2 unspecified atom stereocenters. The number of nitrogens with zero attached hydrogens (tertiary/aromatic N) is 2. The minimum Gasteiger partial charge on any atom is -0.367 e. The summed E-state index contributed by atoms with van der Waals surface area (Å²) in [5.41, 5.74) is 0.824. The van der Waals surface area contributed by atoms with Crippen LogP contribution in [0.25, 0.3) is 0 Å². The number of carbonyl (C=O) groups excluding carboxylic acids is 1. The van der Waals surface area contributed by atoms with Gasteiger partial charge in [-0.1, -0.05) is 25.4 Å². The van der Waals surface area contributed by atoms with E-state index in [1.807, 2.05) is 11.8 Å². The molecule has 0 bridgehead atoms. The molecule has 0 radical (unpaired) electrons. The first-order valence-corrected chi connectivity index (χ1v) is 8.92. The first-order chi connectivity index (χ1) is 11.3. The van der Waals surface area contributed by atoms with Crippen molar-refractivity contribution >= 4 is 23.2 Å². The topological polar surface area (TPSA) is 35.6 Å². The summed E-state index contributed by atoms with van der Waals surface area (Å²) in [6.45, 7) is 11.0. The predicted molar refractivity (Wildman–Crippen MR) is 97.1 cm³/mol. The van der Waals surface area contributed by atoms with Gasteiger partial charge in [0.1, 0.15) is 5.82 Å². The van der Waals surface area contributed by atoms with E-state index < -0.39 is 0 Å². The maximum atomic E-state index is 13.2. The van der Waals surface area contributed by atoms with Crippen LogP contribution in [0.2, 0.25) is 5.02 Å². The van der Waals surface area contributed by atoms with E-state index in [4.69, 9.17) is 11.6 Å². The maximum absolute atomic E-state index is 13.2. The molecule has 1 saturated heterocycles. The van der Waals surface area contributed by atoms with Crippen molar-refractivity contribution in [2.75, 3.05) is 31.1 Å². The van der Waals surface area contributed by atoms with E-state index in [9.17, 15) is 9.18 Å². The fraction of sp³-hybridized carbons (Fsp3) is 0.611.